The van der Waals surface area contributed by atoms with Gasteiger partial charge < -0.3 is 19.5 Å². The fraction of sp³-hybridized carbons (Fsp3) is 0.409. The molecule has 8 nitrogen and oxygen atoms in total. The van der Waals surface area contributed by atoms with E-state index in [-0.39, 0.29) is 12.0 Å². The van der Waals surface area contributed by atoms with Crippen LogP contribution in [-0.2, 0) is 26.3 Å². The normalized spacial score (nSPS) is 22.1. The molecule has 1 N–H and O–H groups in total. The first-order valence-corrected chi connectivity index (χ1v) is 11.2. The number of hydrogen-bond donors (Lipinski definition) is 1. The second-order valence-electron chi connectivity index (χ2n) is 7.56. The van der Waals surface area contributed by atoms with Crippen molar-refractivity contribution in [2.24, 2.45) is 0 Å². The predicted octanol–water partition coefficient (Wildman–Crippen LogP) is 3.50. The average Bonchev–Trinajstić information content (AvgIpc) is 2.80. The van der Waals surface area contributed by atoms with Crippen LogP contribution in [0.5, 0.6) is 11.5 Å². The monoisotopic (exact) mass is 447 g/mol. The molecule has 0 spiro atoms. The standard InChI is InChI=1S/C22H25NO7S/c24-22(25)23-11-9-21(10-12-23)30-20-5-1-16(2-6-20)13-27-19-7-3-17(4-8-19)18-14-28-31(26)29-15-18/h1-8,18,21H,9-15H2,(H,24,25). The molecule has 2 aliphatic heterocycles. The first kappa shape index (κ1) is 21.6. The summed E-state index contributed by atoms with van der Waals surface area (Å²) in [6.07, 6.45) is 0.567. The van der Waals surface area contributed by atoms with Crippen molar-refractivity contribution in [1.29, 1.82) is 0 Å². The van der Waals surface area contributed by atoms with Crippen molar-refractivity contribution in [2.45, 2.75) is 31.5 Å². The SMILES string of the molecule is O=C(O)N1CCC(Oc2ccc(COc3ccc(C4COS(=O)OC4)cc3)cc2)CC1. The summed E-state index contributed by atoms with van der Waals surface area (Å²) >= 11 is -1.63. The minimum absolute atomic E-state index is 0.0381. The van der Waals surface area contributed by atoms with Gasteiger partial charge in [0.05, 0.1) is 13.2 Å². The third kappa shape index (κ3) is 5.96. The van der Waals surface area contributed by atoms with Gasteiger partial charge in [-0.25, -0.2) is 4.79 Å². The van der Waals surface area contributed by atoms with Gasteiger partial charge in [0, 0.05) is 31.8 Å². The molecular formula is C22H25NO7S. The smallest absolute Gasteiger partial charge is 0.407 e. The number of piperidine rings is 1. The Labute approximate surface area is 183 Å². The van der Waals surface area contributed by atoms with E-state index in [2.05, 4.69) is 0 Å². The van der Waals surface area contributed by atoms with Crippen molar-refractivity contribution in [3.8, 4) is 11.5 Å². The maximum absolute atomic E-state index is 11.1. The number of rotatable bonds is 6. The molecular weight excluding hydrogens is 422 g/mol. The molecule has 2 aromatic carbocycles. The van der Waals surface area contributed by atoms with Crippen LogP contribution < -0.4 is 9.47 Å². The third-order valence-corrected chi connectivity index (χ3v) is 6.08. The van der Waals surface area contributed by atoms with E-state index in [1.807, 2.05) is 48.5 Å². The van der Waals surface area contributed by atoms with Crippen LogP contribution >= 0.6 is 0 Å². The summed E-state index contributed by atoms with van der Waals surface area (Å²) in [7, 11) is 0. The molecule has 2 heterocycles. The van der Waals surface area contributed by atoms with Crippen LogP contribution in [0.15, 0.2) is 48.5 Å². The van der Waals surface area contributed by atoms with Crippen LogP contribution in [0.3, 0.4) is 0 Å². The lowest BCUT2D eigenvalue weighted by Crippen LogP contribution is -2.41. The largest absolute Gasteiger partial charge is 0.490 e. The number of benzene rings is 2. The zero-order valence-electron chi connectivity index (χ0n) is 17.0. The Kier molecular flexibility index (Phi) is 7.06. The third-order valence-electron chi connectivity index (χ3n) is 5.43. The van der Waals surface area contributed by atoms with Gasteiger partial charge in [-0.3, -0.25) is 8.37 Å². The number of carbonyl (C=O) groups is 1. The Hall–Kier alpha value is -2.62. The first-order chi connectivity index (χ1) is 15.1. The van der Waals surface area contributed by atoms with Crippen LogP contribution in [0.1, 0.15) is 29.9 Å². The molecule has 0 bridgehead atoms. The minimum Gasteiger partial charge on any atom is -0.490 e. The lowest BCUT2D eigenvalue weighted by Gasteiger charge is -2.30. The number of nitrogens with zero attached hydrogens (tertiary/aromatic N) is 1. The maximum Gasteiger partial charge on any atom is 0.407 e. The fourth-order valence-electron chi connectivity index (χ4n) is 3.57. The van der Waals surface area contributed by atoms with Crippen LogP contribution in [0.2, 0.25) is 0 Å². The highest BCUT2D eigenvalue weighted by Gasteiger charge is 2.23. The molecule has 0 atom stereocenters. The summed E-state index contributed by atoms with van der Waals surface area (Å²) < 4.78 is 33.0. The van der Waals surface area contributed by atoms with E-state index < -0.39 is 17.5 Å². The summed E-state index contributed by atoms with van der Waals surface area (Å²) in [4.78, 5) is 12.4. The van der Waals surface area contributed by atoms with Crippen molar-refractivity contribution in [3.63, 3.8) is 0 Å². The molecule has 2 saturated heterocycles. The summed E-state index contributed by atoms with van der Waals surface area (Å²) in [6, 6.07) is 15.5. The Morgan fingerprint density at radius 2 is 1.61 bits per heavy atom. The van der Waals surface area contributed by atoms with E-state index in [4.69, 9.17) is 22.9 Å². The van der Waals surface area contributed by atoms with Crippen molar-refractivity contribution < 1.29 is 31.9 Å². The van der Waals surface area contributed by atoms with Crippen LogP contribution in [-0.4, -0.2) is 52.7 Å². The molecule has 2 fully saturated rings. The number of amides is 1. The van der Waals surface area contributed by atoms with E-state index in [1.54, 1.807) is 0 Å². The predicted molar refractivity (Wildman–Crippen MR) is 113 cm³/mol. The molecule has 166 valence electrons. The van der Waals surface area contributed by atoms with Gasteiger partial charge in [0.15, 0.2) is 0 Å². The molecule has 0 saturated carbocycles. The molecule has 31 heavy (non-hydrogen) atoms. The average molecular weight is 448 g/mol. The van der Waals surface area contributed by atoms with E-state index in [0.29, 0.717) is 45.8 Å². The molecule has 1 amide bonds. The first-order valence-electron chi connectivity index (χ1n) is 10.2. The molecule has 9 heteroatoms. The van der Waals surface area contributed by atoms with Gasteiger partial charge >= 0.3 is 17.5 Å². The lowest BCUT2D eigenvalue weighted by atomic mass is 10.0. The molecule has 4 rings (SSSR count). The highest BCUT2D eigenvalue weighted by atomic mass is 32.2. The van der Waals surface area contributed by atoms with Crippen LogP contribution in [0, 0.1) is 0 Å². The maximum atomic E-state index is 11.1. The Balaban J connectivity index is 1.23. The lowest BCUT2D eigenvalue weighted by molar-refractivity contribution is 0.0894. The molecule has 2 aliphatic rings. The minimum atomic E-state index is -1.63. The van der Waals surface area contributed by atoms with Crippen molar-refractivity contribution in [2.75, 3.05) is 26.3 Å². The Bertz CT molecular complexity index is 885. The van der Waals surface area contributed by atoms with E-state index in [9.17, 15) is 9.00 Å². The van der Waals surface area contributed by atoms with Crippen molar-refractivity contribution in [1.82, 2.24) is 4.90 Å². The van der Waals surface area contributed by atoms with E-state index in [1.165, 1.54) is 4.90 Å². The van der Waals surface area contributed by atoms with Gasteiger partial charge in [0.25, 0.3) is 0 Å². The molecule has 0 radical (unpaired) electrons. The Morgan fingerprint density at radius 3 is 2.23 bits per heavy atom. The second-order valence-corrected chi connectivity index (χ2v) is 8.44. The van der Waals surface area contributed by atoms with E-state index in [0.717, 1.165) is 22.6 Å². The van der Waals surface area contributed by atoms with Crippen molar-refractivity contribution >= 4 is 17.5 Å². The van der Waals surface area contributed by atoms with Gasteiger partial charge in [-0.15, -0.1) is 0 Å². The number of hydrogen-bond acceptors (Lipinski definition) is 6. The van der Waals surface area contributed by atoms with E-state index >= 15 is 0 Å². The van der Waals surface area contributed by atoms with Crippen LogP contribution in [0.4, 0.5) is 4.79 Å². The quantitative estimate of drug-likeness (QED) is 0.724. The van der Waals surface area contributed by atoms with Crippen LogP contribution in [0.25, 0.3) is 0 Å². The summed E-state index contributed by atoms with van der Waals surface area (Å²) in [5.74, 6) is 1.60. The summed E-state index contributed by atoms with van der Waals surface area (Å²) in [5.41, 5.74) is 2.08. The Morgan fingerprint density at radius 1 is 1.00 bits per heavy atom. The van der Waals surface area contributed by atoms with Gasteiger partial charge in [0.2, 0.25) is 0 Å². The zero-order valence-corrected chi connectivity index (χ0v) is 17.8. The fourth-order valence-corrected chi connectivity index (χ4v) is 4.19. The summed E-state index contributed by atoms with van der Waals surface area (Å²) in [5, 5.41) is 9.01. The highest BCUT2D eigenvalue weighted by Crippen LogP contribution is 2.25. The van der Waals surface area contributed by atoms with Gasteiger partial charge in [-0.2, -0.15) is 4.21 Å². The zero-order chi connectivity index (χ0) is 21.6. The number of likely N-dealkylation sites (tertiary alicyclic amines) is 1. The number of ether oxygens (including phenoxy) is 2. The van der Waals surface area contributed by atoms with Gasteiger partial charge in [-0.05, 0) is 35.4 Å². The molecule has 2 aromatic rings. The summed E-state index contributed by atoms with van der Waals surface area (Å²) in [6.45, 7) is 2.20. The highest BCUT2D eigenvalue weighted by molar-refractivity contribution is 7.75. The second kappa shape index (κ2) is 10.1. The molecule has 0 aliphatic carbocycles. The molecule has 0 unspecified atom stereocenters. The number of carboxylic acid groups (broad SMARTS) is 1. The van der Waals surface area contributed by atoms with Gasteiger partial charge in [-0.1, -0.05) is 24.3 Å². The molecule has 0 aromatic heterocycles. The van der Waals surface area contributed by atoms with Gasteiger partial charge in [0.1, 0.15) is 24.2 Å². The topological polar surface area (TPSA) is 94.5 Å². The van der Waals surface area contributed by atoms with Crippen molar-refractivity contribution in [3.05, 3.63) is 59.7 Å².